The van der Waals surface area contributed by atoms with Gasteiger partial charge in [0.05, 0.1) is 11.0 Å². The van der Waals surface area contributed by atoms with E-state index in [1.807, 2.05) is 0 Å². The lowest BCUT2D eigenvalue weighted by Crippen LogP contribution is -2.02. The van der Waals surface area contributed by atoms with Crippen molar-refractivity contribution >= 4 is 32.6 Å². The molecule has 0 saturated carbocycles. The van der Waals surface area contributed by atoms with Gasteiger partial charge in [-0.15, -0.1) is 0 Å². The molecule has 0 aliphatic carbocycles. The summed E-state index contributed by atoms with van der Waals surface area (Å²) in [5, 5.41) is 0.573. The summed E-state index contributed by atoms with van der Waals surface area (Å²) in [7, 11) is -2.92. The van der Waals surface area contributed by atoms with Crippen molar-refractivity contribution in [2.24, 2.45) is 0 Å². The van der Waals surface area contributed by atoms with Gasteiger partial charge >= 0.3 is 0 Å². The van der Waals surface area contributed by atoms with Gasteiger partial charge in [-0.3, -0.25) is 0 Å². The van der Waals surface area contributed by atoms with Gasteiger partial charge in [0.25, 0.3) is 0 Å². The van der Waals surface area contributed by atoms with Crippen LogP contribution in [-0.2, 0) is 9.84 Å². The zero-order chi connectivity index (χ0) is 14.8. The van der Waals surface area contributed by atoms with Crippen LogP contribution in [0.2, 0.25) is 0 Å². The van der Waals surface area contributed by atoms with Crippen molar-refractivity contribution in [2.75, 3.05) is 17.8 Å². The number of fused-ring (bicyclic) bond motifs is 1. The second-order valence-electron chi connectivity index (χ2n) is 4.51. The topological polar surface area (TPSA) is 62.8 Å². The van der Waals surface area contributed by atoms with Gasteiger partial charge in [-0.2, -0.15) is 0 Å². The third-order valence-electron chi connectivity index (χ3n) is 2.65. The number of thioether (sulfide) groups is 1. The van der Waals surface area contributed by atoms with E-state index in [2.05, 4.69) is 9.97 Å². The Morgan fingerprint density at radius 1 is 1.25 bits per heavy atom. The highest BCUT2D eigenvalue weighted by Gasteiger charge is 2.09. The molecule has 0 saturated heterocycles. The summed E-state index contributed by atoms with van der Waals surface area (Å²) in [5.41, 5.74) is 0.824. The van der Waals surface area contributed by atoms with Crippen molar-refractivity contribution < 1.29 is 17.2 Å². The molecule has 1 aromatic heterocycles. The highest BCUT2D eigenvalue weighted by atomic mass is 32.2. The molecule has 8 heteroatoms. The average Bonchev–Trinajstić information content (AvgIpc) is 2.69. The molecule has 0 radical (unpaired) electrons. The van der Waals surface area contributed by atoms with Gasteiger partial charge in [0.15, 0.2) is 16.8 Å². The van der Waals surface area contributed by atoms with Gasteiger partial charge in [-0.1, -0.05) is 11.8 Å². The van der Waals surface area contributed by atoms with E-state index in [0.717, 1.165) is 18.6 Å². The van der Waals surface area contributed by atoms with Gasteiger partial charge in [-0.25, -0.2) is 22.2 Å². The third-order valence-corrected chi connectivity index (χ3v) is 4.64. The van der Waals surface area contributed by atoms with E-state index in [1.54, 1.807) is 0 Å². The lowest BCUT2D eigenvalue weighted by Gasteiger charge is -1.98. The molecule has 20 heavy (non-hydrogen) atoms. The number of aromatic nitrogens is 2. The normalized spacial score (nSPS) is 12.2. The Morgan fingerprint density at radius 3 is 2.65 bits per heavy atom. The number of sulfone groups is 1. The summed E-state index contributed by atoms with van der Waals surface area (Å²) in [6, 6.07) is 2.13. The van der Waals surface area contributed by atoms with Gasteiger partial charge < -0.3 is 4.98 Å². The first kappa shape index (κ1) is 15.2. The average molecular weight is 320 g/mol. The minimum Gasteiger partial charge on any atom is -0.333 e. The summed E-state index contributed by atoms with van der Waals surface area (Å²) in [6.45, 7) is 0. The number of aromatic amines is 1. The molecule has 0 bridgehead atoms. The van der Waals surface area contributed by atoms with Crippen LogP contribution in [0.3, 0.4) is 0 Å². The Morgan fingerprint density at radius 2 is 1.95 bits per heavy atom. The molecule has 0 atom stereocenters. The Kier molecular flexibility index (Phi) is 4.64. The molecule has 0 aliphatic heterocycles. The number of unbranched alkanes of at least 4 members (excludes halogenated alkanes) is 1. The number of nitrogens with zero attached hydrogens (tertiary/aromatic N) is 1. The predicted octanol–water partition coefficient (Wildman–Crippen LogP) is 2.76. The fourth-order valence-electron chi connectivity index (χ4n) is 1.69. The molecular weight excluding hydrogens is 306 g/mol. The quantitative estimate of drug-likeness (QED) is 0.657. The minimum atomic E-state index is -2.92. The molecule has 0 amide bonds. The third kappa shape index (κ3) is 4.17. The number of H-pyrrole nitrogens is 1. The second-order valence-corrected chi connectivity index (χ2v) is 7.85. The maximum Gasteiger partial charge on any atom is 0.166 e. The number of hydrogen-bond donors (Lipinski definition) is 1. The molecule has 2 rings (SSSR count). The maximum absolute atomic E-state index is 13.0. The first-order valence-electron chi connectivity index (χ1n) is 6.00. The maximum atomic E-state index is 13.0. The van der Waals surface area contributed by atoms with Crippen LogP contribution in [0, 0.1) is 11.6 Å². The summed E-state index contributed by atoms with van der Waals surface area (Å²) in [5.74, 6) is -0.968. The molecular formula is C12H14F2N2O2S2. The van der Waals surface area contributed by atoms with Crippen LogP contribution >= 0.6 is 11.8 Å². The molecule has 110 valence electrons. The largest absolute Gasteiger partial charge is 0.333 e. The summed E-state index contributed by atoms with van der Waals surface area (Å²) >= 11 is 1.40. The fraction of sp³-hybridized carbons (Fsp3) is 0.417. The van der Waals surface area contributed by atoms with Gasteiger partial charge in [0.1, 0.15) is 9.84 Å². The Labute approximate surface area is 119 Å². The molecule has 2 aromatic rings. The molecule has 0 fully saturated rings. The monoisotopic (exact) mass is 320 g/mol. The van der Waals surface area contributed by atoms with E-state index in [0.29, 0.717) is 28.4 Å². The lowest BCUT2D eigenvalue weighted by molar-refractivity contribution is 0.510. The molecule has 0 aliphatic rings. The fourth-order valence-corrected chi connectivity index (χ4v) is 3.30. The molecule has 0 spiro atoms. The van der Waals surface area contributed by atoms with Crippen molar-refractivity contribution in [3.8, 4) is 0 Å². The first-order chi connectivity index (χ1) is 9.35. The molecule has 1 N–H and O–H groups in total. The van der Waals surface area contributed by atoms with E-state index in [1.165, 1.54) is 18.0 Å². The zero-order valence-electron chi connectivity index (χ0n) is 10.8. The van der Waals surface area contributed by atoms with Gasteiger partial charge in [0.2, 0.25) is 0 Å². The number of halogens is 2. The van der Waals surface area contributed by atoms with E-state index in [-0.39, 0.29) is 5.75 Å². The van der Waals surface area contributed by atoms with Crippen molar-refractivity contribution in [2.45, 2.75) is 18.0 Å². The highest BCUT2D eigenvalue weighted by Crippen LogP contribution is 2.22. The lowest BCUT2D eigenvalue weighted by atomic mass is 10.3. The highest BCUT2D eigenvalue weighted by molar-refractivity contribution is 7.99. The Hall–Kier alpha value is -1.15. The van der Waals surface area contributed by atoms with Gasteiger partial charge in [-0.05, 0) is 12.8 Å². The van der Waals surface area contributed by atoms with Crippen molar-refractivity contribution in [1.82, 2.24) is 9.97 Å². The molecule has 4 nitrogen and oxygen atoms in total. The Balaban J connectivity index is 1.91. The zero-order valence-corrected chi connectivity index (χ0v) is 12.5. The molecule has 1 aromatic carbocycles. The van der Waals surface area contributed by atoms with Crippen LogP contribution in [0.25, 0.3) is 11.0 Å². The minimum absolute atomic E-state index is 0.171. The van der Waals surface area contributed by atoms with Crippen LogP contribution in [0.4, 0.5) is 8.78 Å². The van der Waals surface area contributed by atoms with Crippen molar-refractivity contribution in [3.05, 3.63) is 23.8 Å². The standard InChI is InChI=1S/C12H14F2N2O2S2/c1-20(17,18)5-3-2-4-19-12-15-10-6-8(13)9(14)7-11(10)16-12/h6-7H,2-5H2,1H3,(H,15,16). The van der Waals surface area contributed by atoms with Crippen LogP contribution < -0.4 is 0 Å². The van der Waals surface area contributed by atoms with Crippen LogP contribution in [-0.4, -0.2) is 36.1 Å². The van der Waals surface area contributed by atoms with Crippen LogP contribution in [0.1, 0.15) is 12.8 Å². The predicted molar refractivity (Wildman–Crippen MR) is 75.7 cm³/mol. The SMILES string of the molecule is CS(=O)(=O)CCCCSc1nc2cc(F)c(F)cc2[nH]1. The summed E-state index contributed by atoms with van der Waals surface area (Å²) in [4.78, 5) is 7.04. The molecule has 0 unspecified atom stereocenters. The van der Waals surface area contributed by atoms with Gasteiger partial charge in [0, 0.05) is 29.9 Å². The van der Waals surface area contributed by atoms with Crippen LogP contribution in [0.15, 0.2) is 17.3 Å². The number of rotatable bonds is 6. The van der Waals surface area contributed by atoms with E-state index >= 15 is 0 Å². The number of benzene rings is 1. The van der Waals surface area contributed by atoms with E-state index in [4.69, 9.17) is 0 Å². The van der Waals surface area contributed by atoms with Crippen LogP contribution in [0.5, 0.6) is 0 Å². The second kappa shape index (κ2) is 6.09. The summed E-state index contributed by atoms with van der Waals surface area (Å²) < 4.78 is 48.0. The number of nitrogens with one attached hydrogen (secondary N) is 1. The summed E-state index contributed by atoms with van der Waals surface area (Å²) in [6.07, 6.45) is 2.54. The smallest absolute Gasteiger partial charge is 0.166 e. The van der Waals surface area contributed by atoms with E-state index in [9.17, 15) is 17.2 Å². The van der Waals surface area contributed by atoms with Crippen molar-refractivity contribution in [1.29, 1.82) is 0 Å². The number of imidazole rings is 1. The van der Waals surface area contributed by atoms with Crippen molar-refractivity contribution in [3.63, 3.8) is 0 Å². The first-order valence-corrected chi connectivity index (χ1v) is 9.05. The van der Waals surface area contributed by atoms with E-state index < -0.39 is 21.5 Å². The Bertz CT molecular complexity index is 675. The number of hydrogen-bond acceptors (Lipinski definition) is 4. The molecule has 1 heterocycles.